The lowest BCUT2D eigenvalue weighted by molar-refractivity contribution is -0.115. The number of amides is 2. The highest BCUT2D eigenvalue weighted by Crippen LogP contribution is 2.22. The molecule has 0 saturated heterocycles. The summed E-state index contributed by atoms with van der Waals surface area (Å²) in [5, 5.41) is 12.3. The van der Waals surface area contributed by atoms with Gasteiger partial charge in [-0.2, -0.15) is 5.10 Å². The first kappa shape index (κ1) is 20.5. The average Bonchev–Trinajstić information content (AvgIpc) is 2.80. The van der Waals surface area contributed by atoms with Crippen LogP contribution in [0.15, 0.2) is 59.4 Å². The number of benzene rings is 2. The third-order valence-electron chi connectivity index (χ3n) is 5.41. The van der Waals surface area contributed by atoms with Gasteiger partial charge in [0.15, 0.2) is 0 Å². The number of nitrogens with one attached hydrogen (secondary N) is 3. The predicted molar refractivity (Wildman–Crippen MR) is 118 cm³/mol. The molecule has 7 heteroatoms. The van der Waals surface area contributed by atoms with Crippen LogP contribution in [-0.4, -0.2) is 28.6 Å². The lowest BCUT2D eigenvalue weighted by Gasteiger charge is -2.17. The van der Waals surface area contributed by atoms with Crippen LogP contribution in [0.4, 0.5) is 5.69 Å². The third kappa shape index (κ3) is 5.06. The Morgan fingerprint density at radius 1 is 0.968 bits per heavy atom. The third-order valence-corrected chi connectivity index (χ3v) is 5.41. The minimum atomic E-state index is -0.305. The summed E-state index contributed by atoms with van der Waals surface area (Å²) in [6, 6.07) is 16.3. The molecule has 0 aliphatic heterocycles. The largest absolute Gasteiger partial charge is 0.343 e. The first-order valence-corrected chi connectivity index (χ1v) is 10.4. The van der Waals surface area contributed by atoms with Crippen molar-refractivity contribution in [3.05, 3.63) is 92.9 Å². The van der Waals surface area contributed by atoms with E-state index in [2.05, 4.69) is 20.8 Å². The number of carbonyl (C=O) groups is 2. The average molecular weight is 416 g/mol. The summed E-state index contributed by atoms with van der Waals surface area (Å²) < 4.78 is 0. The molecule has 2 amide bonds. The molecule has 3 aromatic rings. The van der Waals surface area contributed by atoms with E-state index in [-0.39, 0.29) is 23.9 Å². The molecule has 0 saturated carbocycles. The molecule has 1 aliphatic carbocycles. The standard InChI is InChI=1S/C24H24N4O3/c29-22(15-25-23(30)17-8-2-1-3-9-17)26-18-10-6-7-16(13-18)14-21-19-11-4-5-12-20(19)24(31)28-27-21/h1-3,6-10,13H,4-5,11-12,14-15H2,(H,25,30)(H,26,29)(H,28,31). The molecule has 0 fully saturated rings. The number of aromatic amines is 1. The maximum atomic E-state index is 12.3. The van der Waals surface area contributed by atoms with Crippen molar-refractivity contribution in [1.82, 2.24) is 15.5 Å². The van der Waals surface area contributed by atoms with E-state index in [4.69, 9.17) is 0 Å². The molecular weight excluding hydrogens is 392 g/mol. The topological polar surface area (TPSA) is 104 Å². The molecule has 1 aliphatic rings. The number of aromatic nitrogens is 2. The zero-order valence-electron chi connectivity index (χ0n) is 17.1. The van der Waals surface area contributed by atoms with E-state index in [9.17, 15) is 14.4 Å². The Morgan fingerprint density at radius 3 is 2.55 bits per heavy atom. The number of anilines is 1. The number of carbonyl (C=O) groups excluding carboxylic acids is 2. The molecule has 0 unspecified atom stereocenters. The highest BCUT2D eigenvalue weighted by atomic mass is 16.2. The SMILES string of the molecule is O=C(CNC(=O)c1ccccc1)Nc1cccc(Cc2n[nH]c(=O)c3c2CCCC3)c1. The summed E-state index contributed by atoms with van der Waals surface area (Å²) in [6.07, 6.45) is 4.34. The molecule has 0 bridgehead atoms. The van der Waals surface area contributed by atoms with Gasteiger partial charge in [-0.15, -0.1) is 0 Å². The molecule has 0 spiro atoms. The Kier molecular flexibility index (Phi) is 6.21. The van der Waals surface area contributed by atoms with Crippen LogP contribution in [0.25, 0.3) is 0 Å². The van der Waals surface area contributed by atoms with Gasteiger partial charge in [0.1, 0.15) is 0 Å². The van der Waals surface area contributed by atoms with E-state index in [1.807, 2.05) is 24.3 Å². The molecular formula is C24H24N4O3. The van der Waals surface area contributed by atoms with Crippen LogP contribution < -0.4 is 16.2 Å². The van der Waals surface area contributed by atoms with Crippen molar-refractivity contribution < 1.29 is 9.59 Å². The highest BCUT2D eigenvalue weighted by Gasteiger charge is 2.18. The van der Waals surface area contributed by atoms with Crippen molar-refractivity contribution in [2.24, 2.45) is 0 Å². The van der Waals surface area contributed by atoms with Crippen molar-refractivity contribution in [2.45, 2.75) is 32.1 Å². The molecule has 0 atom stereocenters. The van der Waals surface area contributed by atoms with Gasteiger partial charge in [-0.1, -0.05) is 30.3 Å². The van der Waals surface area contributed by atoms with Crippen LogP contribution >= 0.6 is 0 Å². The Bertz CT molecular complexity index is 1150. The van der Waals surface area contributed by atoms with Crippen LogP contribution in [-0.2, 0) is 24.1 Å². The van der Waals surface area contributed by atoms with E-state index in [1.54, 1.807) is 30.3 Å². The van der Waals surface area contributed by atoms with Crippen molar-refractivity contribution in [3.63, 3.8) is 0 Å². The van der Waals surface area contributed by atoms with Gasteiger partial charge >= 0.3 is 0 Å². The van der Waals surface area contributed by atoms with E-state index in [0.29, 0.717) is 17.7 Å². The van der Waals surface area contributed by atoms with Crippen LogP contribution in [0, 0.1) is 0 Å². The lowest BCUT2D eigenvalue weighted by atomic mass is 9.90. The van der Waals surface area contributed by atoms with E-state index < -0.39 is 0 Å². The summed E-state index contributed by atoms with van der Waals surface area (Å²) in [4.78, 5) is 36.4. The minimum absolute atomic E-state index is 0.0861. The van der Waals surface area contributed by atoms with Crippen LogP contribution in [0.5, 0.6) is 0 Å². The second-order valence-corrected chi connectivity index (χ2v) is 7.64. The second-order valence-electron chi connectivity index (χ2n) is 7.64. The molecule has 3 N–H and O–H groups in total. The van der Waals surface area contributed by atoms with E-state index >= 15 is 0 Å². The predicted octanol–water partition coefficient (Wildman–Crippen LogP) is 2.61. The number of nitrogens with zero attached hydrogens (tertiary/aromatic N) is 1. The fourth-order valence-corrected chi connectivity index (χ4v) is 3.88. The molecule has 31 heavy (non-hydrogen) atoms. The van der Waals surface area contributed by atoms with Crippen molar-refractivity contribution in [3.8, 4) is 0 Å². The molecule has 4 rings (SSSR count). The summed E-state index contributed by atoms with van der Waals surface area (Å²) in [7, 11) is 0. The summed E-state index contributed by atoms with van der Waals surface area (Å²) in [5.41, 5.74) is 4.86. The smallest absolute Gasteiger partial charge is 0.267 e. The monoisotopic (exact) mass is 416 g/mol. The molecule has 1 aromatic heterocycles. The van der Waals surface area contributed by atoms with Gasteiger partial charge in [-0.05, 0) is 61.1 Å². The summed E-state index contributed by atoms with van der Waals surface area (Å²) in [6.45, 7) is -0.118. The number of H-pyrrole nitrogens is 1. The van der Waals surface area contributed by atoms with Gasteiger partial charge < -0.3 is 10.6 Å². The first-order valence-electron chi connectivity index (χ1n) is 10.4. The van der Waals surface area contributed by atoms with Crippen molar-refractivity contribution in [1.29, 1.82) is 0 Å². The molecule has 7 nitrogen and oxygen atoms in total. The fraction of sp³-hybridized carbons (Fsp3) is 0.250. The molecule has 0 radical (unpaired) electrons. The van der Waals surface area contributed by atoms with Crippen LogP contribution in [0.3, 0.4) is 0 Å². The maximum Gasteiger partial charge on any atom is 0.267 e. The second kappa shape index (κ2) is 9.38. The van der Waals surface area contributed by atoms with Gasteiger partial charge in [0.2, 0.25) is 5.91 Å². The summed E-state index contributed by atoms with van der Waals surface area (Å²) >= 11 is 0. The van der Waals surface area contributed by atoms with Crippen LogP contribution in [0.1, 0.15) is 45.6 Å². The zero-order valence-corrected chi connectivity index (χ0v) is 17.1. The number of hydrogen-bond donors (Lipinski definition) is 3. The molecule has 158 valence electrons. The summed E-state index contributed by atoms with van der Waals surface area (Å²) in [5.74, 6) is -0.598. The zero-order chi connectivity index (χ0) is 21.6. The number of fused-ring (bicyclic) bond motifs is 1. The van der Waals surface area contributed by atoms with E-state index in [1.165, 1.54) is 0 Å². The van der Waals surface area contributed by atoms with Gasteiger partial charge in [-0.25, -0.2) is 5.10 Å². The van der Waals surface area contributed by atoms with Gasteiger partial charge in [0, 0.05) is 23.2 Å². The van der Waals surface area contributed by atoms with Gasteiger partial charge in [0.25, 0.3) is 11.5 Å². The Balaban J connectivity index is 1.39. The maximum absolute atomic E-state index is 12.3. The Labute approximate surface area is 179 Å². The van der Waals surface area contributed by atoms with Crippen molar-refractivity contribution in [2.75, 3.05) is 11.9 Å². The minimum Gasteiger partial charge on any atom is -0.343 e. The molecule has 2 aromatic carbocycles. The molecule has 1 heterocycles. The first-order chi connectivity index (χ1) is 15.1. The van der Waals surface area contributed by atoms with Gasteiger partial charge in [-0.3, -0.25) is 14.4 Å². The van der Waals surface area contributed by atoms with Crippen LogP contribution in [0.2, 0.25) is 0 Å². The number of rotatable bonds is 6. The quantitative estimate of drug-likeness (QED) is 0.575. The highest BCUT2D eigenvalue weighted by molar-refractivity contribution is 5.99. The Hall–Kier alpha value is -3.74. The fourth-order valence-electron chi connectivity index (χ4n) is 3.88. The normalized spacial score (nSPS) is 12.6. The lowest BCUT2D eigenvalue weighted by Crippen LogP contribution is -2.32. The number of hydrogen-bond acceptors (Lipinski definition) is 4. The van der Waals surface area contributed by atoms with E-state index in [0.717, 1.165) is 48.1 Å². The van der Waals surface area contributed by atoms with Gasteiger partial charge in [0.05, 0.1) is 12.2 Å². The Morgan fingerprint density at radius 2 is 1.74 bits per heavy atom. The van der Waals surface area contributed by atoms with Crippen molar-refractivity contribution >= 4 is 17.5 Å².